The zero-order valence-electron chi connectivity index (χ0n) is 11.3. The van der Waals surface area contributed by atoms with Crippen molar-refractivity contribution in [1.29, 1.82) is 5.26 Å². The Labute approximate surface area is 109 Å². The molecule has 1 aromatic heterocycles. The second-order valence-corrected chi connectivity index (χ2v) is 3.97. The molecule has 0 unspecified atom stereocenters. The van der Waals surface area contributed by atoms with Gasteiger partial charge in [-0.25, -0.2) is 4.98 Å². The van der Waals surface area contributed by atoms with Gasteiger partial charge in [-0.15, -0.1) is 0 Å². The van der Waals surface area contributed by atoms with E-state index >= 15 is 0 Å². The van der Waals surface area contributed by atoms with Gasteiger partial charge in [-0.05, 0) is 31.1 Å². The van der Waals surface area contributed by atoms with E-state index in [0.717, 1.165) is 29.9 Å². The number of nitrogens with zero attached hydrogens (tertiary/aromatic N) is 3. The summed E-state index contributed by atoms with van der Waals surface area (Å²) in [7, 11) is 2.02. The van der Waals surface area contributed by atoms with Crippen molar-refractivity contribution in [2.75, 3.05) is 18.5 Å². The minimum absolute atomic E-state index is 0.446. The molecule has 0 amide bonds. The molecule has 18 heavy (non-hydrogen) atoms. The van der Waals surface area contributed by atoms with Gasteiger partial charge in [0.25, 0.3) is 0 Å². The van der Waals surface area contributed by atoms with Crippen molar-refractivity contribution in [1.82, 2.24) is 4.98 Å². The van der Waals surface area contributed by atoms with E-state index in [-0.39, 0.29) is 0 Å². The molecule has 0 aliphatic carbocycles. The van der Waals surface area contributed by atoms with Crippen molar-refractivity contribution in [2.45, 2.75) is 20.3 Å². The van der Waals surface area contributed by atoms with Gasteiger partial charge in [-0.3, -0.25) is 0 Å². The van der Waals surface area contributed by atoms with E-state index in [4.69, 9.17) is 5.26 Å². The summed E-state index contributed by atoms with van der Waals surface area (Å²) in [4.78, 5) is 6.55. The molecule has 0 atom stereocenters. The van der Waals surface area contributed by atoms with E-state index in [1.165, 1.54) is 0 Å². The van der Waals surface area contributed by atoms with E-state index in [1.807, 2.05) is 19.2 Å². The van der Waals surface area contributed by atoms with Gasteiger partial charge in [-0.1, -0.05) is 25.7 Å². The van der Waals surface area contributed by atoms with Crippen LogP contribution in [0, 0.1) is 11.3 Å². The molecular formula is C15H19N3. The van der Waals surface area contributed by atoms with Crippen molar-refractivity contribution < 1.29 is 0 Å². The van der Waals surface area contributed by atoms with Crippen LogP contribution in [-0.4, -0.2) is 18.6 Å². The smallest absolute Gasteiger partial charge is 0.141 e. The molecule has 1 rings (SSSR count). The SMILES string of the molecule is C=C/C=C(/CC)c1nc(C#N)ccc1N(C)CC. The molecule has 1 heterocycles. The molecule has 0 spiro atoms. The standard InChI is InChI=1S/C15H19N3/c1-5-8-12(6-2)15-14(18(4)7-3)10-9-13(11-16)17-15/h5,8-10H,1,6-7H2,2-4H3/b12-8-. The van der Waals surface area contributed by atoms with E-state index in [1.54, 1.807) is 12.1 Å². The van der Waals surface area contributed by atoms with E-state index < -0.39 is 0 Å². The van der Waals surface area contributed by atoms with Crippen LogP contribution in [0.2, 0.25) is 0 Å². The van der Waals surface area contributed by atoms with Crippen LogP contribution in [0.15, 0.2) is 30.9 Å². The molecule has 0 N–H and O–H groups in total. The summed E-state index contributed by atoms with van der Waals surface area (Å²) in [5.74, 6) is 0. The Kier molecular flexibility index (Phi) is 5.13. The third-order valence-electron chi connectivity index (χ3n) is 2.88. The lowest BCUT2D eigenvalue weighted by molar-refractivity contribution is 0.952. The molecule has 0 fully saturated rings. The summed E-state index contributed by atoms with van der Waals surface area (Å²) in [5, 5.41) is 8.97. The Hall–Kier alpha value is -2.08. The number of allylic oxidation sites excluding steroid dienone is 3. The van der Waals surface area contributed by atoms with E-state index in [2.05, 4.69) is 36.4 Å². The molecule has 94 valence electrons. The molecule has 0 saturated carbocycles. The molecule has 0 aliphatic heterocycles. The van der Waals surface area contributed by atoms with Crippen LogP contribution >= 0.6 is 0 Å². The van der Waals surface area contributed by atoms with Crippen LogP contribution in [-0.2, 0) is 0 Å². The maximum Gasteiger partial charge on any atom is 0.141 e. The summed E-state index contributed by atoms with van der Waals surface area (Å²) >= 11 is 0. The molecular weight excluding hydrogens is 222 g/mol. The average Bonchev–Trinajstić information content (AvgIpc) is 2.43. The predicted molar refractivity (Wildman–Crippen MR) is 76.4 cm³/mol. The zero-order valence-corrected chi connectivity index (χ0v) is 11.3. The Morgan fingerprint density at radius 1 is 1.50 bits per heavy atom. The van der Waals surface area contributed by atoms with Crippen LogP contribution in [0.4, 0.5) is 5.69 Å². The Morgan fingerprint density at radius 3 is 2.72 bits per heavy atom. The van der Waals surface area contributed by atoms with Gasteiger partial charge in [0.2, 0.25) is 0 Å². The summed E-state index contributed by atoms with van der Waals surface area (Å²) < 4.78 is 0. The van der Waals surface area contributed by atoms with Crippen LogP contribution < -0.4 is 4.90 Å². The monoisotopic (exact) mass is 241 g/mol. The third kappa shape index (κ3) is 2.98. The normalized spacial score (nSPS) is 10.9. The van der Waals surface area contributed by atoms with Crippen molar-refractivity contribution in [3.05, 3.63) is 42.3 Å². The number of hydrogen-bond donors (Lipinski definition) is 0. The van der Waals surface area contributed by atoms with Crippen LogP contribution in [0.3, 0.4) is 0 Å². The van der Waals surface area contributed by atoms with Gasteiger partial charge in [-0.2, -0.15) is 5.26 Å². The summed E-state index contributed by atoms with van der Waals surface area (Å²) in [5.41, 5.74) is 3.46. The highest BCUT2D eigenvalue weighted by Crippen LogP contribution is 2.27. The second kappa shape index (κ2) is 6.61. The number of nitriles is 1. The fourth-order valence-electron chi connectivity index (χ4n) is 1.74. The first-order chi connectivity index (χ1) is 8.67. The lowest BCUT2D eigenvalue weighted by Gasteiger charge is -2.21. The maximum absolute atomic E-state index is 8.97. The second-order valence-electron chi connectivity index (χ2n) is 3.97. The Balaban J connectivity index is 3.41. The summed E-state index contributed by atoms with van der Waals surface area (Å²) in [6.07, 6.45) is 4.57. The highest BCUT2D eigenvalue weighted by atomic mass is 15.1. The fraction of sp³-hybridized carbons (Fsp3) is 0.333. The van der Waals surface area contributed by atoms with Gasteiger partial charge in [0, 0.05) is 13.6 Å². The average molecular weight is 241 g/mol. The molecule has 0 bridgehead atoms. The first-order valence-corrected chi connectivity index (χ1v) is 6.12. The number of anilines is 1. The number of rotatable bonds is 5. The van der Waals surface area contributed by atoms with Gasteiger partial charge in [0.15, 0.2) is 0 Å². The molecule has 0 saturated heterocycles. The molecule has 0 aliphatic rings. The first-order valence-electron chi connectivity index (χ1n) is 6.12. The van der Waals surface area contributed by atoms with Crippen LogP contribution in [0.1, 0.15) is 31.7 Å². The third-order valence-corrected chi connectivity index (χ3v) is 2.88. The number of pyridine rings is 1. The number of hydrogen-bond acceptors (Lipinski definition) is 3. The quantitative estimate of drug-likeness (QED) is 0.742. The van der Waals surface area contributed by atoms with Gasteiger partial charge >= 0.3 is 0 Å². The van der Waals surface area contributed by atoms with Crippen LogP contribution in [0.25, 0.3) is 5.57 Å². The topological polar surface area (TPSA) is 39.9 Å². The fourth-order valence-corrected chi connectivity index (χ4v) is 1.74. The van der Waals surface area contributed by atoms with Crippen molar-refractivity contribution in [3.8, 4) is 6.07 Å². The highest BCUT2D eigenvalue weighted by Gasteiger charge is 2.12. The molecule has 0 aromatic carbocycles. The first kappa shape index (κ1) is 14.0. The summed E-state index contributed by atoms with van der Waals surface area (Å²) in [6, 6.07) is 5.80. The van der Waals surface area contributed by atoms with Gasteiger partial charge in [0.05, 0.1) is 11.4 Å². The van der Waals surface area contributed by atoms with Crippen molar-refractivity contribution >= 4 is 11.3 Å². The molecule has 0 radical (unpaired) electrons. The zero-order chi connectivity index (χ0) is 13.5. The number of aromatic nitrogens is 1. The van der Waals surface area contributed by atoms with Crippen LogP contribution in [0.5, 0.6) is 0 Å². The molecule has 3 nitrogen and oxygen atoms in total. The minimum Gasteiger partial charge on any atom is -0.373 e. The lowest BCUT2D eigenvalue weighted by atomic mass is 10.1. The highest BCUT2D eigenvalue weighted by molar-refractivity contribution is 5.75. The molecule has 3 heteroatoms. The lowest BCUT2D eigenvalue weighted by Crippen LogP contribution is -2.18. The van der Waals surface area contributed by atoms with Gasteiger partial charge < -0.3 is 4.90 Å². The van der Waals surface area contributed by atoms with Gasteiger partial charge in [0.1, 0.15) is 11.8 Å². The summed E-state index contributed by atoms with van der Waals surface area (Å²) in [6.45, 7) is 8.79. The van der Waals surface area contributed by atoms with Crippen molar-refractivity contribution in [2.24, 2.45) is 0 Å². The van der Waals surface area contributed by atoms with E-state index in [9.17, 15) is 0 Å². The predicted octanol–water partition coefficient (Wildman–Crippen LogP) is 3.39. The Morgan fingerprint density at radius 2 is 2.22 bits per heavy atom. The molecule has 1 aromatic rings. The van der Waals surface area contributed by atoms with Crippen molar-refractivity contribution in [3.63, 3.8) is 0 Å². The Bertz CT molecular complexity index is 495. The maximum atomic E-state index is 8.97. The minimum atomic E-state index is 0.446. The largest absolute Gasteiger partial charge is 0.373 e. The van der Waals surface area contributed by atoms with E-state index in [0.29, 0.717) is 5.69 Å².